The highest BCUT2D eigenvalue weighted by Gasteiger charge is 2.58. The van der Waals surface area contributed by atoms with E-state index in [9.17, 15) is 10.2 Å². The normalized spacial score (nSPS) is 38.3. The maximum atomic E-state index is 10.9. The van der Waals surface area contributed by atoms with Crippen molar-refractivity contribution in [3.63, 3.8) is 0 Å². The van der Waals surface area contributed by atoms with Crippen LogP contribution in [0.2, 0.25) is 0 Å². The summed E-state index contributed by atoms with van der Waals surface area (Å²) in [5, 5.41) is 21.5. The highest BCUT2D eigenvalue weighted by atomic mass is 16.5. The Morgan fingerprint density at radius 2 is 2.08 bits per heavy atom. The molecule has 1 aromatic carbocycles. The second kappa shape index (κ2) is 5.61. The van der Waals surface area contributed by atoms with E-state index in [1.54, 1.807) is 14.2 Å². The number of phenols is 1. The number of hydrogen-bond acceptors (Lipinski definition) is 5. The fourth-order valence-corrected chi connectivity index (χ4v) is 5.63. The molecule has 1 aliphatic heterocycles. The first-order valence-corrected chi connectivity index (χ1v) is 8.82. The molecule has 24 heavy (non-hydrogen) atoms. The van der Waals surface area contributed by atoms with Crippen LogP contribution in [0.1, 0.15) is 30.4 Å². The van der Waals surface area contributed by atoms with Gasteiger partial charge in [-0.3, -0.25) is 0 Å². The minimum absolute atomic E-state index is 0.136. The van der Waals surface area contributed by atoms with Crippen LogP contribution in [0, 0.1) is 5.92 Å². The van der Waals surface area contributed by atoms with Gasteiger partial charge in [-0.1, -0.05) is 6.07 Å². The summed E-state index contributed by atoms with van der Waals surface area (Å²) in [4.78, 5) is 2.42. The van der Waals surface area contributed by atoms with Gasteiger partial charge in [-0.05, 0) is 56.8 Å². The van der Waals surface area contributed by atoms with Gasteiger partial charge in [0.1, 0.15) is 0 Å². The Balaban J connectivity index is 1.91. The number of ether oxygens (including phenoxy) is 2. The van der Waals surface area contributed by atoms with Crippen LogP contribution in [0.4, 0.5) is 0 Å². The summed E-state index contributed by atoms with van der Waals surface area (Å²) >= 11 is 0. The van der Waals surface area contributed by atoms with Gasteiger partial charge in [0.25, 0.3) is 0 Å². The lowest BCUT2D eigenvalue weighted by Crippen LogP contribution is -2.63. The molecule has 0 amide bonds. The maximum Gasteiger partial charge on any atom is 0.161 e. The lowest BCUT2D eigenvalue weighted by molar-refractivity contribution is -0.114. The SMILES string of the molecule is COc1ccc2c(c1O)[C@@]13CCN(C)[C@@H](C2)[C@@H]1C[C@H](O)[C@H](OC)C3. The number of piperidine rings is 1. The third-order valence-corrected chi connectivity index (χ3v) is 6.82. The van der Waals surface area contributed by atoms with E-state index in [4.69, 9.17) is 9.47 Å². The van der Waals surface area contributed by atoms with Gasteiger partial charge in [0.15, 0.2) is 11.5 Å². The van der Waals surface area contributed by atoms with Gasteiger partial charge < -0.3 is 24.6 Å². The van der Waals surface area contributed by atoms with Crippen LogP contribution >= 0.6 is 0 Å². The molecule has 2 aliphatic carbocycles. The van der Waals surface area contributed by atoms with Crippen molar-refractivity contribution in [2.75, 3.05) is 27.8 Å². The number of likely N-dealkylation sites (N-methyl/N-ethyl adjacent to an activating group) is 1. The molecule has 2 bridgehead atoms. The summed E-state index contributed by atoms with van der Waals surface area (Å²) in [6.07, 6.45) is 2.76. The van der Waals surface area contributed by atoms with Crippen molar-refractivity contribution in [2.24, 2.45) is 5.92 Å². The van der Waals surface area contributed by atoms with E-state index in [1.807, 2.05) is 6.07 Å². The van der Waals surface area contributed by atoms with Gasteiger partial charge in [0.05, 0.1) is 19.3 Å². The molecule has 132 valence electrons. The zero-order valence-electron chi connectivity index (χ0n) is 14.7. The Morgan fingerprint density at radius 3 is 2.79 bits per heavy atom. The van der Waals surface area contributed by atoms with Gasteiger partial charge in [-0.2, -0.15) is 0 Å². The van der Waals surface area contributed by atoms with Crippen molar-refractivity contribution < 1.29 is 19.7 Å². The second-order valence-electron chi connectivity index (χ2n) is 7.70. The summed E-state index contributed by atoms with van der Waals surface area (Å²) in [7, 11) is 5.45. The van der Waals surface area contributed by atoms with Crippen molar-refractivity contribution >= 4 is 0 Å². The second-order valence-corrected chi connectivity index (χ2v) is 7.70. The molecule has 5 atom stereocenters. The molecule has 0 unspecified atom stereocenters. The number of aliphatic hydroxyl groups is 1. The van der Waals surface area contributed by atoms with E-state index in [0.29, 0.717) is 17.7 Å². The average Bonchev–Trinajstić information content (AvgIpc) is 2.58. The highest BCUT2D eigenvalue weighted by molar-refractivity contribution is 5.56. The minimum Gasteiger partial charge on any atom is -0.504 e. The van der Waals surface area contributed by atoms with E-state index in [-0.39, 0.29) is 17.3 Å². The summed E-state index contributed by atoms with van der Waals surface area (Å²) in [5.74, 6) is 1.16. The molecule has 4 rings (SSSR count). The maximum absolute atomic E-state index is 10.9. The molecule has 5 nitrogen and oxygen atoms in total. The molecule has 1 aromatic rings. The smallest absolute Gasteiger partial charge is 0.161 e. The fourth-order valence-electron chi connectivity index (χ4n) is 5.63. The van der Waals surface area contributed by atoms with Crippen molar-refractivity contribution in [3.05, 3.63) is 23.3 Å². The molecule has 0 aromatic heterocycles. The third kappa shape index (κ3) is 2.04. The molecule has 1 saturated heterocycles. The summed E-state index contributed by atoms with van der Waals surface area (Å²) in [6, 6.07) is 4.38. The monoisotopic (exact) mass is 333 g/mol. The van der Waals surface area contributed by atoms with Crippen LogP contribution in [-0.4, -0.2) is 61.2 Å². The zero-order valence-corrected chi connectivity index (χ0v) is 14.7. The number of hydrogen-bond donors (Lipinski definition) is 2. The van der Waals surface area contributed by atoms with Gasteiger partial charge in [-0.25, -0.2) is 0 Å². The van der Waals surface area contributed by atoms with E-state index in [2.05, 4.69) is 18.0 Å². The number of aromatic hydroxyl groups is 1. The van der Waals surface area contributed by atoms with Gasteiger partial charge in [0, 0.05) is 24.1 Å². The van der Waals surface area contributed by atoms with Gasteiger partial charge >= 0.3 is 0 Å². The van der Waals surface area contributed by atoms with E-state index in [1.165, 1.54) is 5.56 Å². The fraction of sp³-hybridized carbons (Fsp3) is 0.684. The van der Waals surface area contributed by atoms with Crippen LogP contribution in [0.3, 0.4) is 0 Å². The molecule has 0 radical (unpaired) electrons. The number of aliphatic hydroxyl groups excluding tert-OH is 1. The first-order chi connectivity index (χ1) is 11.5. The highest BCUT2D eigenvalue weighted by Crippen LogP contribution is 2.59. The topological polar surface area (TPSA) is 62.2 Å². The molecule has 1 saturated carbocycles. The Bertz CT molecular complexity index is 648. The van der Waals surface area contributed by atoms with Crippen molar-refractivity contribution in [2.45, 2.75) is 49.3 Å². The van der Waals surface area contributed by atoms with E-state index >= 15 is 0 Å². The van der Waals surface area contributed by atoms with E-state index < -0.39 is 6.10 Å². The third-order valence-electron chi connectivity index (χ3n) is 6.82. The first-order valence-electron chi connectivity index (χ1n) is 8.82. The number of benzene rings is 1. The summed E-state index contributed by atoms with van der Waals surface area (Å²) in [6.45, 7) is 1.00. The number of nitrogens with zero attached hydrogens (tertiary/aromatic N) is 1. The molecule has 2 N–H and O–H groups in total. The molecule has 0 spiro atoms. The Kier molecular flexibility index (Phi) is 3.79. The molecular weight excluding hydrogens is 306 g/mol. The molecule has 2 fully saturated rings. The molecule has 3 aliphatic rings. The van der Waals surface area contributed by atoms with Gasteiger partial charge in [0.2, 0.25) is 0 Å². The summed E-state index contributed by atoms with van der Waals surface area (Å²) in [5.41, 5.74) is 2.13. The van der Waals surface area contributed by atoms with Crippen LogP contribution in [0.25, 0.3) is 0 Å². The van der Waals surface area contributed by atoms with Crippen molar-refractivity contribution in [1.82, 2.24) is 4.90 Å². The molecular formula is C19H27NO4. The Labute approximate surface area is 143 Å². The van der Waals surface area contributed by atoms with Crippen LogP contribution < -0.4 is 4.74 Å². The largest absolute Gasteiger partial charge is 0.504 e. The lowest BCUT2D eigenvalue weighted by Gasteiger charge is -2.60. The first kappa shape index (κ1) is 16.2. The number of methoxy groups -OCH3 is 2. The Hall–Kier alpha value is -1.30. The molecule has 1 heterocycles. The van der Waals surface area contributed by atoms with Crippen LogP contribution in [-0.2, 0) is 16.6 Å². The summed E-state index contributed by atoms with van der Waals surface area (Å²) < 4.78 is 11.0. The standard InChI is InChI=1S/C19H27NO4/c1-20-7-6-19-10-16(24-3)14(21)9-12(19)13(20)8-11-4-5-15(23-2)18(22)17(11)19/h4-5,12-14,16,21-22H,6-10H2,1-3H3/t12-,13-,14-,16+,19+/m0/s1. The van der Waals surface area contributed by atoms with Crippen LogP contribution in [0.5, 0.6) is 11.5 Å². The number of rotatable bonds is 2. The quantitative estimate of drug-likeness (QED) is 0.862. The van der Waals surface area contributed by atoms with Gasteiger partial charge in [-0.15, -0.1) is 0 Å². The predicted octanol–water partition coefficient (Wildman–Crippen LogP) is 1.68. The number of likely N-dealkylation sites (tertiary alicyclic amines) is 1. The van der Waals surface area contributed by atoms with Crippen molar-refractivity contribution in [3.8, 4) is 11.5 Å². The predicted molar refractivity (Wildman–Crippen MR) is 90.6 cm³/mol. The minimum atomic E-state index is -0.434. The lowest BCUT2D eigenvalue weighted by atomic mass is 9.51. The number of fused-ring (bicyclic) bond motifs is 1. The average molecular weight is 333 g/mol. The number of phenolic OH excluding ortho intramolecular Hbond substituents is 1. The van der Waals surface area contributed by atoms with E-state index in [0.717, 1.165) is 37.8 Å². The molecule has 5 heteroatoms. The van der Waals surface area contributed by atoms with Crippen molar-refractivity contribution in [1.29, 1.82) is 0 Å². The zero-order chi connectivity index (χ0) is 17.1. The van der Waals surface area contributed by atoms with Crippen LogP contribution in [0.15, 0.2) is 12.1 Å². The Morgan fingerprint density at radius 1 is 1.29 bits per heavy atom.